The number of carboxylic acids is 1. The molecule has 2 amide bonds. The van der Waals surface area contributed by atoms with E-state index in [0.717, 1.165) is 0 Å². The molecule has 2 rings (SSSR count). The maximum Gasteiger partial charge on any atom is 0.337 e. The van der Waals surface area contributed by atoms with Gasteiger partial charge in [-0.3, -0.25) is 0 Å². The summed E-state index contributed by atoms with van der Waals surface area (Å²) in [7, 11) is 0. The summed E-state index contributed by atoms with van der Waals surface area (Å²) in [5, 5.41) is 11.9. The highest BCUT2D eigenvalue weighted by Crippen LogP contribution is 2.31. The molecule has 0 saturated carbocycles. The fourth-order valence-corrected chi connectivity index (χ4v) is 3.40. The van der Waals surface area contributed by atoms with Crippen molar-refractivity contribution in [1.82, 2.24) is 4.90 Å². The lowest BCUT2D eigenvalue weighted by molar-refractivity contribution is 0.0221. The molecule has 1 unspecified atom stereocenters. The number of ether oxygens (including phenoxy) is 1. The standard InChI is InChI=1S/C13H14Br2N2O4/c1-7-6-21-3-2-17(7)13(20)16-11-9(12(18)19)4-8(14)5-10(11)15/h4-5,7H,2-3,6H2,1H3,(H,16,20)(H,18,19). The van der Waals surface area contributed by atoms with Gasteiger partial charge in [0, 0.05) is 15.5 Å². The van der Waals surface area contributed by atoms with E-state index in [1.807, 2.05) is 6.92 Å². The zero-order valence-corrected chi connectivity index (χ0v) is 14.4. The van der Waals surface area contributed by atoms with Gasteiger partial charge in [-0.15, -0.1) is 0 Å². The Morgan fingerprint density at radius 3 is 2.76 bits per heavy atom. The van der Waals surface area contributed by atoms with Crippen LogP contribution in [0.4, 0.5) is 10.5 Å². The van der Waals surface area contributed by atoms with Gasteiger partial charge in [-0.2, -0.15) is 0 Å². The molecule has 1 fully saturated rings. The third kappa shape index (κ3) is 3.75. The molecule has 0 spiro atoms. The number of anilines is 1. The van der Waals surface area contributed by atoms with Gasteiger partial charge >= 0.3 is 12.0 Å². The smallest absolute Gasteiger partial charge is 0.337 e. The zero-order chi connectivity index (χ0) is 15.6. The molecular formula is C13H14Br2N2O4. The van der Waals surface area contributed by atoms with Crippen molar-refractivity contribution in [1.29, 1.82) is 0 Å². The molecule has 1 aliphatic heterocycles. The van der Waals surface area contributed by atoms with E-state index in [1.54, 1.807) is 11.0 Å². The lowest BCUT2D eigenvalue weighted by Crippen LogP contribution is -2.49. The van der Waals surface area contributed by atoms with Crippen molar-refractivity contribution < 1.29 is 19.4 Å². The van der Waals surface area contributed by atoms with Gasteiger partial charge in [-0.1, -0.05) is 15.9 Å². The van der Waals surface area contributed by atoms with Gasteiger partial charge in [-0.05, 0) is 35.0 Å². The van der Waals surface area contributed by atoms with Gasteiger partial charge < -0.3 is 20.1 Å². The van der Waals surface area contributed by atoms with Gasteiger partial charge in [0.05, 0.1) is 30.5 Å². The highest BCUT2D eigenvalue weighted by molar-refractivity contribution is 9.11. The fourth-order valence-electron chi connectivity index (χ4n) is 2.08. The maximum absolute atomic E-state index is 12.3. The van der Waals surface area contributed by atoms with E-state index >= 15 is 0 Å². The number of carboxylic acid groups (broad SMARTS) is 1. The van der Waals surface area contributed by atoms with Crippen molar-refractivity contribution in [3.8, 4) is 0 Å². The van der Waals surface area contributed by atoms with Crippen LogP contribution in [0.15, 0.2) is 21.1 Å². The number of nitrogens with zero attached hydrogens (tertiary/aromatic N) is 1. The molecule has 0 bridgehead atoms. The first-order chi connectivity index (χ1) is 9.90. The van der Waals surface area contributed by atoms with E-state index in [4.69, 9.17) is 4.74 Å². The topological polar surface area (TPSA) is 78.9 Å². The number of morpholine rings is 1. The van der Waals surface area contributed by atoms with Crippen LogP contribution < -0.4 is 5.32 Å². The van der Waals surface area contributed by atoms with Crippen LogP contribution in [0.5, 0.6) is 0 Å². The number of rotatable bonds is 2. The normalized spacial score (nSPS) is 18.4. The van der Waals surface area contributed by atoms with Crippen molar-refractivity contribution in [2.24, 2.45) is 0 Å². The predicted molar refractivity (Wildman–Crippen MR) is 84.8 cm³/mol. The number of nitrogens with one attached hydrogen (secondary N) is 1. The van der Waals surface area contributed by atoms with Crippen molar-refractivity contribution >= 4 is 49.5 Å². The van der Waals surface area contributed by atoms with Crippen LogP contribution >= 0.6 is 31.9 Å². The molecule has 1 aliphatic rings. The summed E-state index contributed by atoms with van der Waals surface area (Å²) in [6, 6.07) is 2.74. The summed E-state index contributed by atoms with van der Waals surface area (Å²) in [4.78, 5) is 25.3. The number of urea groups is 1. The van der Waals surface area contributed by atoms with Gasteiger partial charge in [0.1, 0.15) is 0 Å². The Hall–Kier alpha value is -1.12. The predicted octanol–water partition coefficient (Wildman–Crippen LogP) is 3.16. The molecule has 21 heavy (non-hydrogen) atoms. The number of amides is 2. The Morgan fingerprint density at radius 2 is 2.14 bits per heavy atom. The number of aromatic carboxylic acids is 1. The van der Waals surface area contributed by atoms with Gasteiger partial charge in [-0.25, -0.2) is 9.59 Å². The third-order valence-electron chi connectivity index (χ3n) is 3.15. The highest BCUT2D eigenvalue weighted by Gasteiger charge is 2.25. The molecule has 0 radical (unpaired) electrons. The first-order valence-electron chi connectivity index (χ1n) is 6.28. The van der Waals surface area contributed by atoms with Crippen molar-refractivity contribution in [2.75, 3.05) is 25.1 Å². The monoisotopic (exact) mass is 420 g/mol. The van der Waals surface area contributed by atoms with Crippen LogP contribution in [0.25, 0.3) is 0 Å². The summed E-state index contributed by atoms with van der Waals surface area (Å²) in [5.74, 6) is -1.11. The highest BCUT2D eigenvalue weighted by atomic mass is 79.9. The molecule has 1 aromatic carbocycles. The quantitative estimate of drug-likeness (QED) is 0.768. The fraction of sp³-hybridized carbons (Fsp3) is 0.385. The van der Waals surface area contributed by atoms with Crippen molar-refractivity contribution in [3.63, 3.8) is 0 Å². The molecule has 0 aliphatic carbocycles. The molecule has 1 aromatic rings. The molecule has 0 aromatic heterocycles. The Balaban J connectivity index is 2.26. The van der Waals surface area contributed by atoms with Crippen molar-refractivity contribution in [2.45, 2.75) is 13.0 Å². The molecule has 6 nitrogen and oxygen atoms in total. The van der Waals surface area contributed by atoms with Crippen LogP contribution in [0, 0.1) is 0 Å². The second-order valence-corrected chi connectivity index (χ2v) is 6.43. The number of benzene rings is 1. The second-order valence-electron chi connectivity index (χ2n) is 4.66. The number of carbonyl (C=O) groups is 2. The van der Waals surface area contributed by atoms with E-state index in [2.05, 4.69) is 37.2 Å². The molecule has 2 N–H and O–H groups in total. The first-order valence-corrected chi connectivity index (χ1v) is 7.86. The van der Waals surface area contributed by atoms with E-state index in [1.165, 1.54) is 6.07 Å². The Bertz CT molecular complexity index is 580. The SMILES string of the molecule is CC1COCCN1C(=O)Nc1c(Br)cc(Br)cc1C(=O)O. The second kappa shape index (κ2) is 6.76. The average molecular weight is 422 g/mol. The minimum absolute atomic E-state index is 0.0190. The molecular weight excluding hydrogens is 408 g/mol. The number of hydrogen-bond acceptors (Lipinski definition) is 3. The largest absolute Gasteiger partial charge is 0.478 e. The van der Waals surface area contributed by atoms with E-state index in [0.29, 0.717) is 28.7 Å². The van der Waals surface area contributed by atoms with Crippen LogP contribution in [-0.2, 0) is 4.74 Å². The van der Waals surface area contributed by atoms with E-state index in [-0.39, 0.29) is 23.3 Å². The maximum atomic E-state index is 12.3. The lowest BCUT2D eigenvalue weighted by Gasteiger charge is -2.33. The minimum Gasteiger partial charge on any atom is -0.478 e. The minimum atomic E-state index is -1.11. The molecule has 8 heteroatoms. The summed E-state index contributed by atoms with van der Waals surface area (Å²) in [6.07, 6.45) is 0. The van der Waals surface area contributed by atoms with E-state index in [9.17, 15) is 14.7 Å². The molecule has 1 atom stereocenters. The van der Waals surface area contributed by atoms with Crippen molar-refractivity contribution in [3.05, 3.63) is 26.6 Å². The molecule has 1 saturated heterocycles. The Morgan fingerprint density at radius 1 is 1.43 bits per heavy atom. The van der Waals surface area contributed by atoms with Crippen LogP contribution in [0.2, 0.25) is 0 Å². The Labute approximate surface area is 138 Å². The van der Waals surface area contributed by atoms with Gasteiger partial charge in [0.15, 0.2) is 0 Å². The molecule has 114 valence electrons. The van der Waals surface area contributed by atoms with Crippen LogP contribution in [-0.4, -0.2) is 47.8 Å². The van der Waals surface area contributed by atoms with Crippen LogP contribution in [0.3, 0.4) is 0 Å². The Kier molecular flexibility index (Phi) is 5.23. The number of halogens is 2. The van der Waals surface area contributed by atoms with Gasteiger partial charge in [0.2, 0.25) is 0 Å². The number of carbonyl (C=O) groups excluding carboxylic acids is 1. The zero-order valence-electron chi connectivity index (χ0n) is 11.2. The number of hydrogen-bond donors (Lipinski definition) is 2. The molecule has 1 heterocycles. The van der Waals surface area contributed by atoms with E-state index < -0.39 is 5.97 Å². The summed E-state index contributed by atoms with van der Waals surface area (Å²) in [5.41, 5.74) is 0.264. The average Bonchev–Trinajstić information content (AvgIpc) is 2.41. The first kappa shape index (κ1) is 16.3. The summed E-state index contributed by atoms with van der Waals surface area (Å²) in [6.45, 7) is 3.31. The third-order valence-corrected chi connectivity index (χ3v) is 4.23. The summed E-state index contributed by atoms with van der Waals surface area (Å²) < 4.78 is 6.40. The summed E-state index contributed by atoms with van der Waals surface area (Å²) >= 11 is 6.52. The van der Waals surface area contributed by atoms with Gasteiger partial charge in [0.25, 0.3) is 0 Å². The van der Waals surface area contributed by atoms with Crippen LogP contribution in [0.1, 0.15) is 17.3 Å². The lowest BCUT2D eigenvalue weighted by atomic mass is 10.2.